The molecule has 0 amide bonds. The number of hydrogen-bond acceptors (Lipinski definition) is 4. The number of carboxylic acid groups (broad SMARTS) is 1. The van der Waals surface area contributed by atoms with Gasteiger partial charge in [-0.15, -0.1) is 0 Å². The van der Waals surface area contributed by atoms with E-state index in [1.54, 1.807) is 18.2 Å². The molecule has 1 heterocycles. The van der Waals surface area contributed by atoms with Crippen molar-refractivity contribution in [3.63, 3.8) is 0 Å². The Hall–Kier alpha value is -1.96. The van der Waals surface area contributed by atoms with E-state index in [4.69, 9.17) is 9.60 Å². The molecule has 158 valence electrons. The van der Waals surface area contributed by atoms with Crippen molar-refractivity contribution in [2.24, 2.45) is 0 Å². The monoisotopic (exact) mass is 440 g/mol. The summed E-state index contributed by atoms with van der Waals surface area (Å²) in [6, 6.07) is 8.23. The first kappa shape index (κ1) is 16.6. The van der Waals surface area contributed by atoms with Crippen LogP contribution < -0.4 is 34.7 Å². The smallest absolute Gasteiger partial charge is 0.550 e. The average Bonchev–Trinajstić information content (AvgIpc) is 3.09. The summed E-state index contributed by atoms with van der Waals surface area (Å²) < 4.78 is 71.5. The summed E-state index contributed by atoms with van der Waals surface area (Å²) in [7, 11) is 0. The van der Waals surface area contributed by atoms with Crippen LogP contribution in [-0.2, 0) is 4.79 Å². The second kappa shape index (κ2) is 11.1. The predicted molar refractivity (Wildman–Crippen MR) is 113 cm³/mol. The molecule has 0 saturated carbocycles. The molecule has 3 aromatic rings. The van der Waals surface area contributed by atoms with E-state index >= 15 is 0 Å². The second-order valence-corrected chi connectivity index (χ2v) is 6.86. The summed E-state index contributed by atoms with van der Waals surface area (Å²) >= 11 is 0. The van der Waals surface area contributed by atoms with Crippen LogP contribution in [0, 0.1) is 5.82 Å². The van der Waals surface area contributed by atoms with Crippen LogP contribution in [0.4, 0.5) is 4.39 Å². The molecule has 5 nitrogen and oxygen atoms in total. The van der Waals surface area contributed by atoms with Crippen molar-refractivity contribution in [2.75, 3.05) is 0 Å². The molecule has 1 aromatic heterocycles. The quantitative estimate of drug-likeness (QED) is 0.494. The van der Waals surface area contributed by atoms with Crippen molar-refractivity contribution in [1.29, 1.82) is 0 Å². The van der Waals surface area contributed by atoms with E-state index < -0.39 is 56.6 Å². The normalized spacial score (nSPS) is 18.0. The van der Waals surface area contributed by atoms with Gasteiger partial charge in [-0.05, 0) is 43.5 Å². The van der Waals surface area contributed by atoms with Crippen molar-refractivity contribution >= 4 is 22.9 Å². The molecular weight excluding hydrogens is 408 g/mol. The number of carbonyl (C=O) groups is 1. The van der Waals surface area contributed by atoms with E-state index in [-0.39, 0.29) is 40.8 Å². The third kappa shape index (κ3) is 6.05. The van der Waals surface area contributed by atoms with Crippen LogP contribution in [0.1, 0.15) is 47.9 Å². The molecule has 0 aliphatic carbocycles. The molecule has 0 aliphatic rings. The third-order valence-corrected chi connectivity index (χ3v) is 4.66. The van der Waals surface area contributed by atoms with Gasteiger partial charge in [0.15, 0.2) is 0 Å². The van der Waals surface area contributed by atoms with Gasteiger partial charge in [-0.3, -0.25) is 0 Å². The summed E-state index contributed by atoms with van der Waals surface area (Å²) in [5, 5.41) is 31.3. The van der Waals surface area contributed by atoms with Crippen molar-refractivity contribution in [2.45, 2.75) is 44.8 Å². The predicted octanol–water partition coefficient (Wildman–Crippen LogP) is 0.297. The Balaban J connectivity index is 0.00000507. The Bertz CT molecular complexity index is 1290. The topological polar surface area (TPSA) is 85.5 Å². The number of carbonyl (C=O) groups excluding carboxylic acids is 1. The van der Waals surface area contributed by atoms with Gasteiger partial charge >= 0.3 is 29.6 Å². The van der Waals surface area contributed by atoms with Crippen molar-refractivity contribution in [3.8, 4) is 11.1 Å². The molecule has 0 saturated heterocycles. The fourth-order valence-corrected chi connectivity index (χ4v) is 3.41. The summed E-state index contributed by atoms with van der Waals surface area (Å²) in [6.07, 6.45) is -1.62. The van der Waals surface area contributed by atoms with Gasteiger partial charge in [0.2, 0.25) is 0 Å². The zero-order chi connectivity index (χ0) is 27.8. The molecule has 0 radical (unpaired) electrons. The largest absolute Gasteiger partial charge is 1.00 e. The van der Waals surface area contributed by atoms with Crippen molar-refractivity contribution < 1.29 is 63.7 Å². The maximum atomic E-state index is 13.7. The number of rotatable bonds is 8. The Morgan fingerprint density at radius 1 is 1.23 bits per heavy atom. The Morgan fingerprint density at radius 2 is 1.90 bits per heavy atom. The molecular formula is C24H25FNNaO4. The Labute approximate surface area is 213 Å². The molecule has 0 bridgehead atoms. The molecule has 3 rings (SSSR count). The fraction of sp³-hybridized carbons (Fsp3) is 0.292. The van der Waals surface area contributed by atoms with Crippen LogP contribution in [0.2, 0.25) is 0 Å². The van der Waals surface area contributed by atoms with Gasteiger partial charge in [-0.2, -0.15) is 0 Å². The third-order valence-electron chi connectivity index (χ3n) is 4.66. The average molecular weight is 440 g/mol. The molecule has 7 heteroatoms. The van der Waals surface area contributed by atoms with Crippen LogP contribution in [-0.4, -0.2) is 33.0 Å². The molecule has 0 unspecified atom stereocenters. The maximum Gasteiger partial charge on any atom is 1.00 e. The number of aromatic nitrogens is 1. The van der Waals surface area contributed by atoms with Gasteiger partial charge in [0.1, 0.15) is 5.82 Å². The van der Waals surface area contributed by atoms with Gasteiger partial charge in [0.25, 0.3) is 0 Å². The number of para-hydroxylation sites is 1. The Morgan fingerprint density at radius 3 is 2.55 bits per heavy atom. The van der Waals surface area contributed by atoms with Crippen LogP contribution in [0.15, 0.2) is 54.6 Å². The van der Waals surface area contributed by atoms with E-state index in [2.05, 4.69) is 0 Å². The number of aliphatic hydroxyl groups excluding tert-OH is 2. The van der Waals surface area contributed by atoms with Gasteiger partial charge in [-0.1, -0.05) is 36.4 Å². The summed E-state index contributed by atoms with van der Waals surface area (Å²) in [4.78, 5) is 10.7. The molecule has 0 spiro atoms. The van der Waals surface area contributed by atoms with Gasteiger partial charge < -0.3 is 24.7 Å². The minimum absolute atomic E-state index is 0. The van der Waals surface area contributed by atoms with E-state index in [9.17, 15) is 24.5 Å². The fourth-order valence-electron chi connectivity index (χ4n) is 3.41. The first-order chi connectivity index (χ1) is 17.1. The van der Waals surface area contributed by atoms with Gasteiger partial charge in [0, 0.05) is 55.2 Å². The number of aliphatic carboxylic acids is 1. The van der Waals surface area contributed by atoms with E-state index in [0.29, 0.717) is 16.5 Å². The van der Waals surface area contributed by atoms with E-state index in [1.165, 1.54) is 36.4 Å². The Kier molecular flexibility index (Phi) is 5.94. The van der Waals surface area contributed by atoms with Gasteiger partial charge in [0.05, 0.1) is 13.6 Å². The zero-order valence-corrected chi connectivity index (χ0v) is 18.9. The molecule has 0 aliphatic heterocycles. The first-order valence-corrected chi connectivity index (χ1v) is 9.22. The summed E-state index contributed by atoms with van der Waals surface area (Å²) in [6.45, 7) is -6.68. The minimum Gasteiger partial charge on any atom is -0.550 e. The summed E-state index contributed by atoms with van der Waals surface area (Å²) in [5.41, 5.74) is 0.721. The number of halogens is 1. The molecule has 2 aromatic carbocycles. The van der Waals surface area contributed by atoms with Crippen LogP contribution in [0.5, 0.6) is 0 Å². The standard InChI is InChI=1S/C24H26FNO4.Na/c1-15(2)26-21-6-4-3-5-20(21)24(16-7-9-17(25)10-8-16)22(26)12-11-18(27)13-19(28)14-23(29)30;/h3-12,15,18-19,27-28H,13-14H2,1-2H3,(H,29,30);/q;+1/p-1/t18-,19-;/m1./s1/i1D3,2D3,15D;. The first-order valence-electron chi connectivity index (χ1n) is 12.7. The van der Waals surface area contributed by atoms with E-state index in [1.807, 2.05) is 0 Å². The van der Waals surface area contributed by atoms with Crippen LogP contribution >= 0.6 is 0 Å². The molecule has 0 fully saturated rings. The number of aliphatic hydroxyl groups is 2. The molecule has 2 atom stereocenters. The molecule has 31 heavy (non-hydrogen) atoms. The maximum absolute atomic E-state index is 13.7. The number of fused-ring (bicyclic) bond motifs is 1. The molecule has 2 N–H and O–H groups in total. The zero-order valence-electron chi connectivity index (χ0n) is 23.9. The number of nitrogens with zero attached hydrogens (tertiary/aromatic N) is 1. The van der Waals surface area contributed by atoms with Crippen LogP contribution in [0.25, 0.3) is 28.1 Å². The van der Waals surface area contributed by atoms with Crippen molar-refractivity contribution in [3.05, 3.63) is 66.1 Å². The second-order valence-electron chi connectivity index (χ2n) is 6.86. The number of carboxylic acids is 1. The van der Waals surface area contributed by atoms with E-state index in [0.717, 1.165) is 10.6 Å². The number of benzene rings is 2. The number of hydrogen-bond donors (Lipinski definition) is 2. The summed E-state index contributed by atoms with van der Waals surface area (Å²) in [5.74, 6) is -2.06. The van der Waals surface area contributed by atoms with Gasteiger partial charge in [-0.25, -0.2) is 4.39 Å². The SMILES string of the molecule is [2H]C([2H])([2H])C([2H])(n1c(C=C[C@@H](O)C[C@@H](O)CC(=O)[O-])c(-c2ccc(F)cc2)c2ccccc21)C([2H])([2H])[2H].[Na+]. The van der Waals surface area contributed by atoms with Crippen molar-refractivity contribution in [1.82, 2.24) is 4.57 Å². The minimum atomic E-state index is -3.34. The van der Waals surface area contributed by atoms with Crippen LogP contribution in [0.3, 0.4) is 0 Å².